The Morgan fingerprint density at radius 1 is 1.40 bits per heavy atom. The first-order chi connectivity index (χ1) is 9.66. The Morgan fingerprint density at radius 3 is 3.05 bits per heavy atom. The van der Waals surface area contributed by atoms with Crippen LogP contribution in [0, 0.1) is 0 Å². The van der Waals surface area contributed by atoms with Crippen molar-refractivity contribution in [3.05, 3.63) is 42.1 Å². The molecule has 1 aromatic heterocycles. The Kier molecular flexibility index (Phi) is 3.36. The molecular weight excluding hydrogens is 270 g/mol. The molecule has 2 heterocycles. The number of aromatic nitrogens is 1. The summed E-state index contributed by atoms with van der Waals surface area (Å²) in [5.74, 6) is -0.00828. The van der Waals surface area contributed by atoms with Crippen molar-refractivity contribution in [3.63, 3.8) is 0 Å². The average Bonchev–Trinajstić information content (AvgIpc) is 2.95. The van der Waals surface area contributed by atoms with Crippen molar-refractivity contribution in [2.45, 2.75) is 18.9 Å². The third-order valence-electron chi connectivity index (χ3n) is 3.69. The monoisotopic (exact) mass is 285 g/mol. The zero-order valence-electron chi connectivity index (χ0n) is 11.0. The number of hydrogen-bond acceptors (Lipinski definition) is 3. The van der Waals surface area contributed by atoms with Gasteiger partial charge < -0.3 is 10.6 Å². The topological polar surface area (TPSA) is 59.2 Å². The number of carbonyl (C=O) groups excluding carboxylic acids is 1. The Labute approximate surface area is 122 Å². The summed E-state index contributed by atoms with van der Waals surface area (Å²) in [6.45, 7) is 0.714. The summed E-state index contributed by atoms with van der Waals surface area (Å²) in [5, 5.41) is 0.962. The molecule has 1 atom stereocenters. The van der Waals surface area contributed by atoms with Gasteiger partial charge in [-0.2, -0.15) is 0 Å². The van der Waals surface area contributed by atoms with Crippen LogP contribution in [0.25, 0.3) is 10.9 Å². The summed E-state index contributed by atoms with van der Waals surface area (Å²) in [7, 11) is 0. The van der Waals surface area contributed by atoms with E-state index in [4.69, 9.17) is 18.0 Å². The molecule has 0 radical (unpaired) electrons. The summed E-state index contributed by atoms with van der Waals surface area (Å²) in [6, 6.07) is 9.26. The number of nitrogens with two attached hydrogens (primary N) is 1. The minimum Gasteiger partial charge on any atom is -0.392 e. The van der Waals surface area contributed by atoms with Gasteiger partial charge >= 0.3 is 0 Å². The van der Waals surface area contributed by atoms with E-state index in [1.54, 1.807) is 11.1 Å². The lowest BCUT2D eigenvalue weighted by Gasteiger charge is -2.23. The number of nitrogens with zero attached hydrogens (tertiary/aromatic N) is 2. The van der Waals surface area contributed by atoms with Gasteiger partial charge in [-0.15, -0.1) is 0 Å². The lowest BCUT2D eigenvalue weighted by atomic mass is 10.1. The Balaban J connectivity index is 1.94. The van der Waals surface area contributed by atoms with Crippen molar-refractivity contribution in [2.24, 2.45) is 5.73 Å². The predicted octanol–water partition coefficient (Wildman–Crippen LogP) is 2.13. The van der Waals surface area contributed by atoms with Crippen molar-refractivity contribution < 1.29 is 4.79 Å². The standard InChI is InChI=1S/C15H15N3OS/c16-14(20)13-4-2-8-18(13)15(19)11-5-6-12-10(9-11)3-1-7-17-12/h1,3,5-7,9,13H,2,4,8H2,(H2,16,20). The Morgan fingerprint density at radius 2 is 2.25 bits per heavy atom. The van der Waals surface area contributed by atoms with Crippen LogP contribution in [-0.2, 0) is 0 Å². The molecule has 2 aromatic rings. The molecule has 0 aliphatic carbocycles. The van der Waals surface area contributed by atoms with Gasteiger partial charge in [-0.3, -0.25) is 9.78 Å². The largest absolute Gasteiger partial charge is 0.392 e. The first-order valence-corrected chi connectivity index (χ1v) is 7.03. The van der Waals surface area contributed by atoms with Gasteiger partial charge in [-0.25, -0.2) is 0 Å². The second-order valence-corrected chi connectivity index (χ2v) is 5.44. The van der Waals surface area contributed by atoms with Gasteiger partial charge in [0.1, 0.15) is 0 Å². The highest BCUT2D eigenvalue weighted by Crippen LogP contribution is 2.22. The van der Waals surface area contributed by atoms with Gasteiger partial charge in [0.25, 0.3) is 5.91 Å². The smallest absolute Gasteiger partial charge is 0.254 e. The molecule has 4 nitrogen and oxygen atoms in total. The Hall–Kier alpha value is -2.01. The molecule has 1 aromatic carbocycles. The van der Waals surface area contributed by atoms with Crippen LogP contribution in [0.2, 0.25) is 0 Å². The fraction of sp³-hybridized carbons (Fsp3) is 0.267. The number of benzene rings is 1. The molecular formula is C15H15N3OS. The molecule has 0 saturated carbocycles. The molecule has 102 valence electrons. The average molecular weight is 285 g/mol. The van der Waals surface area contributed by atoms with Gasteiger partial charge in [0, 0.05) is 23.7 Å². The van der Waals surface area contributed by atoms with E-state index in [-0.39, 0.29) is 11.9 Å². The quantitative estimate of drug-likeness (QED) is 0.859. The van der Waals surface area contributed by atoms with Gasteiger partial charge in [-0.1, -0.05) is 18.3 Å². The predicted molar refractivity (Wildman–Crippen MR) is 82.6 cm³/mol. The molecule has 0 bridgehead atoms. The number of hydrogen-bond donors (Lipinski definition) is 1. The number of thiocarbonyl (C=S) groups is 1. The van der Waals surface area contributed by atoms with Crippen LogP contribution >= 0.6 is 12.2 Å². The van der Waals surface area contributed by atoms with Crippen LogP contribution in [-0.4, -0.2) is 33.4 Å². The molecule has 3 rings (SSSR count). The second-order valence-electron chi connectivity index (χ2n) is 4.97. The number of fused-ring (bicyclic) bond motifs is 1. The van der Waals surface area contributed by atoms with Crippen LogP contribution in [0.3, 0.4) is 0 Å². The maximum atomic E-state index is 12.6. The first kappa shape index (κ1) is 13.0. The van der Waals surface area contributed by atoms with Crippen LogP contribution in [0.5, 0.6) is 0 Å². The number of pyridine rings is 1. The number of amides is 1. The SMILES string of the molecule is NC(=S)C1CCCN1C(=O)c1ccc2ncccc2c1. The summed E-state index contributed by atoms with van der Waals surface area (Å²) >= 11 is 5.05. The van der Waals surface area contributed by atoms with Crippen molar-refractivity contribution in [1.82, 2.24) is 9.88 Å². The normalized spacial score (nSPS) is 18.4. The number of likely N-dealkylation sites (tertiary alicyclic amines) is 1. The zero-order chi connectivity index (χ0) is 14.1. The van der Waals surface area contributed by atoms with Crippen LogP contribution < -0.4 is 5.73 Å². The molecule has 1 fully saturated rings. The highest BCUT2D eigenvalue weighted by atomic mass is 32.1. The van der Waals surface area contributed by atoms with E-state index in [0.29, 0.717) is 17.1 Å². The maximum Gasteiger partial charge on any atom is 0.254 e. The summed E-state index contributed by atoms with van der Waals surface area (Å²) in [6.07, 6.45) is 3.55. The van der Waals surface area contributed by atoms with E-state index >= 15 is 0 Å². The molecule has 1 aliphatic heterocycles. The molecule has 20 heavy (non-hydrogen) atoms. The minimum atomic E-state index is -0.109. The number of carbonyl (C=O) groups is 1. The first-order valence-electron chi connectivity index (χ1n) is 6.62. The molecule has 2 N–H and O–H groups in total. The Bertz CT molecular complexity index is 686. The lowest BCUT2D eigenvalue weighted by Crippen LogP contribution is -2.42. The van der Waals surface area contributed by atoms with E-state index in [1.807, 2.05) is 30.3 Å². The fourth-order valence-electron chi connectivity index (χ4n) is 2.68. The van der Waals surface area contributed by atoms with Crippen molar-refractivity contribution in [3.8, 4) is 0 Å². The maximum absolute atomic E-state index is 12.6. The van der Waals surface area contributed by atoms with Crippen molar-refractivity contribution in [2.75, 3.05) is 6.54 Å². The molecule has 1 aliphatic rings. The van der Waals surface area contributed by atoms with E-state index in [9.17, 15) is 4.79 Å². The highest BCUT2D eigenvalue weighted by Gasteiger charge is 2.31. The molecule has 5 heteroatoms. The van der Waals surface area contributed by atoms with Gasteiger partial charge in [0.15, 0.2) is 0 Å². The minimum absolute atomic E-state index is 0.00828. The van der Waals surface area contributed by atoms with Gasteiger partial charge in [0.2, 0.25) is 0 Å². The van der Waals surface area contributed by atoms with Crippen molar-refractivity contribution in [1.29, 1.82) is 0 Å². The highest BCUT2D eigenvalue weighted by molar-refractivity contribution is 7.80. The number of rotatable bonds is 2. The van der Waals surface area contributed by atoms with Crippen molar-refractivity contribution >= 4 is 34.0 Å². The van der Waals surface area contributed by atoms with E-state index < -0.39 is 0 Å². The molecule has 1 amide bonds. The second kappa shape index (κ2) is 5.17. The van der Waals surface area contributed by atoms with E-state index in [1.165, 1.54) is 0 Å². The van der Waals surface area contributed by atoms with Gasteiger partial charge in [-0.05, 0) is 37.1 Å². The van der Waals surface area contributed by atoms with E-state index in [2.05, 4.69) is 4.98 Å². The molecule has 1 saturated heterocycles. The summed E-state index contributed by atoms with van der Waals surface area (Å²) in [5.41, 5.74) is 7.27. The molecule has 1 unspecified atom stereocenters. The fourth-order valence-corrected chi connectivity index (χ4v) is 2.93. The van der Waals surface area contributed by atoms with Crippen LogP contribution in [0.4, 0.5) is 0 Å². The molecule has 0 spiro atoms. The summed E-state index contributed by atoms with van der Waals surface area (Å²) in [4.78, 5) is 19.0. The van der Waals surface area contributed by atoms with E-state index in [0.717, 1.165) is 23.7 Å². The third kappa shape index (κ3) is 2.25. The zero-order valence-corrected chi connectivity index (χ0v) is 11.8. The lowest BCUT2D eigenvalue weighted by molar-refractivity contribution is 0.0770. The summed E-state index contributed by atoms with van der Waals surface area (Å²) < 4.78 is 0. The van der Waals surface area contributed by atoms with Crippen LogP contribution in [0.15, 0.2) is 36.5 Å². The van der Waals surface area contributed by atoms with Gasteiger partial charge in [0.05, 0.1) is 16.5 Å². The van der Waals surface area contributed by atoms with Crippen LogP contribution in [0.1, 0.15) is 23.2 Å². The third-order valence-corrected chi connectivity index (χ3v) is 3.96.